The normalized spacial score (nSPS) is 13.9. The van der Waals surface area contributed by atoms with E-state index in [2.05, 4.69) is 21.4 Å². The van der Waals surface area contributed by atoms with Crippen molar-refractivity contribution < 1.29 is 13.2 Å². The van der Waals surface area contributed by atoms with Gasteiger partial charge in [0.05, 0.1) is 4.90 Å². The molecule has 3 rings (SSSR count). The smallest absolute Gasteiger partial charge is 0.251 e. The molecule has 28 heavy (non-hydrogen) atoms. The van der Waals surface area contributed by atoms with Gasteiger partial charge in [-0.15, -0.1) is 12.4 Å². The van der Waals surface area contributed by atoms with Gasteiger partial charge < -0.3 is 10.6 Å². The monoisotopic (exact) mass is 421 g/mol. The Labute approximate surface area is 171 Å². The first-order valence-corrected chi connectivity index (χ1v) is 10.3. The van der Waals surface area contributed by atoms with Crippen LogP contribution >= 0.6 is 12.4 Å². The molecule has 1 aliphatic heterocycles. The molecule has 0 saturated heterocycles. The van der Waals surface area contributed by atoms with E-state index in [4.69, 9.17) is 0 Å². The molecule has 0 aromatic heterocycles. The van der Waals surface area contributed by atoms with Gasteiger partial charge in [-0.25, -0.2) is 13.1 Å². The molecule has 1 amide bonds. The Morgan fingerprint density at radius 2 is 1.82 bits per heavy atom. The number of hydrogen-bond donors (Lipinski definition) is 3. The molecular formula is C20H24ClN3O3S. The third-order valence-corrected chi connectivity index (χ3v) is 5.75. The van der Waals surface area contributed by atoms with Gasteiger partial charge in [0.25, 0.3) is 5.91 Å². The number of nitrogens with one attached hydrogen (secondary N) is 3. The minimum absolute atomic E-state index is 0. The maximum atomic E-state index is 12.5. The highest BCUT2D eigenvalue weighted by Gasteiger charge is 2.16. The fraction of sp³-hybridized carbons (Fsp3) is 0.250. The second-order valence-corrected chi connectivity index (χ2v) is 8.10. The minimum Gasteiger partial charge on any atom is -0.348 e. The lowest BCUT2D eigenvalue weighted by Gasteiger charge is -2.14. The van der Waals surface area contributed by atoms with Crippen LogP contribution in [0.3, 0.4) is 0 Å². The molecule has 0 bridgehead atoms. The number of benzene rings is 2. The molecule has 0 radical (unpaired) electrons. The van der Waals surface area contributed by atoms with Crippen LogP contribution in [0.5, 0.6) is 0 Å². The third kappa shape index (κ3) is 6.17. The number of rotatable bonds is 7. The van der Waals surface area contributed by atoms with Crippen LogP contribution in [0, 0.1) is 0 Å². The average Bonchev–Trinajstić information content (AvgIpc) is 2.72. The van der Waals surface area contributed by atoms with Crippen LogP contribution in [0.15, 0.2) is 71.1 Å². The summed E-state index contributed by atoms with van der Waals surface area (Å²) in [5.41, 5.74) is 2.37. The third-order valence-electron chi connectivity index (χ3n) is 4.35. The lowest BCUT2D eigenvalue weighted by molar-refractivity contribution is 0.0956. The van der Waals surface area contributed by atoms with Crippen molar-refractivity contribution in [2.45, 2.75) is 17.9 Å². The van der Waals surface area contributed by atoms with Gasteiger partial charge in [-0.05, 0) is 36.7 Å². The first-order valence-electron chi connectivity index (χ1n) is 8.85. The number of amides is 1. The predicted molar refractivity (Wildman–Crippen MR) is 112 cm³/mol. The maximum Gasteiger partial charge on any atom is 0.251 e. The van der Waals surface area contributed by atoms with E-state index in [0.717, 1.165) is 25.1 Å². The Kier molecular flexibility index (Phi) is 8.19. The molecule has 0 aliphatic carbocycles. The number of halogens is 1. The highest BCUT2D eigenvalue weighted by molar-refractivity contribution is 7.89. The topological polar surface area (TPSA) is 87.3 Å². The Balaban J connectivity index is 0.00000280. The van der Waals surface area contributed by atoms with Crippen LogP contribution in [-0.2, 0) is 16.6 Å². The van der Waals surface area contributed by atoms with Crippen molar-refractivity contribution in [3.05, 3.63) is 77.4 Å². The van der Waals surface area contributed by atoms with Gasteiger partial charge in [0.15, 0.2) is 0 Å². The van der Waals surface area contributed by atoms with Gasteiger partial charge in [0.2, 0.25) is 10.0 Å². The summed E-state index contributed by atoms with van der Waals surface area (Å²) in [4.78, 5) is 12.5. The van der Waals surface area contributed by atoms with Gasteiger partial charge in [-0.3, -0.25) is 4.79 Å². The van der Waals surface area contributed by atoms with Crippen molar-refractivity contribution in [1.29, 1.82) is 0 Å². The number of carbonyl (C=O) groups is 1. The van der Waals surface area contributed by atoms with E-state index in [0.29, 0.717) is 12.1 Å². The zero-order valence-electron chi connectivity index (χ0n) is 15.4. The molecule has 0 spiro atoms. The highest BCUT2D eigenvalue weighted by Crippen LogP contribution is 2.13. The number of hydrogen-bond acceptors (Lipinski definition) is 4. The molecule has 150 valence electrons. The fourth-order valence-corrected chi connectivity index (χ4v) is 3.85. The first kappa shape index (κ1) is 22.1. The van der Waals surface area contributed by atoms with Gasteiger partial charge in [-0.2, -0.15) is 0 Å². The molecule has 6 nitrogen and oxygen atoms in total. The molecule has 2 aromatic rings. The molecule has 0 atom stereocenters. The Bertz CT molecular complexity index is 931. The molecule has 8 heteroatoms. The van der Waals surface area contributed by atoms with Crippen molar-refractivity contribution in [1.82, 2.24) is 15.4 Å². The number of sulfonamides is 1. The van der Waals surface area contributed by atoms with E-state index in [-0.39, 0.29) is 29.8 Å². The molecular weight excluding hydrogens is 398 g/mol. The summed E-state index contributed by atoms with van der Waals surface area (Å²) < 4.78 is 27.6. The van der Waals surface area contributed by atoms with E-state index in [9.17, 15) is 13.2 Å². The number of carbonyl (C=O) groups excluding carboxylic acids is 1. The summed E-state index contributed by atoms with van der Waals surface area (Å²) in [5.74, 6) is -0.283. The average molecular weight is 422 g/mol. The predicted octanol–water partition coefficient (Wildman–Crippen LogP) is 2.24. The molecule has 3 N–H and O–H groups in total. The van der Waals surface area contributed by atoms with Crippen LogP contribution in [0.1, 0.15) is 22.3 Å². The Morgan fingerprint density at radius 1 is 1.04 bits per heavy atom. The van der Waals surface area contributed by atoms with Crippen LogP contribution in [-0.4, -0.2) is 34.0 Å². The summed E-state index contributed by atoms with van der Waals surface area (Å²) in [5, 5.41) is 6.07. The van der Waals surface area contributed by atoms with E-state index in [1.807, 2.05) is 30.3 Å². The van der Waals surface area contributed by atoms with Crippen LogP contribution in [0.2, 0.25) is 0 Å². The molecule has 1 aliphatic rings. The van der Waals surface area contributed by atoms with Gasteiger partial charge >= 0.3 is 0 Å². The summed E-state index contributed by atoms with van der Waals surface area (Å²) in [6, 6.07) is 15.4. The van der Waals surface area contributed by atoms with Crippen molar-refractivity contribution in [3.63, 3.8) is 0 Å². The van der Waals surface area contributed by atoms with Crippen molar-refractivity contribution >= 4 is 28.3 Å². The second-order valence-electron chi connectivity index (χ2n) is 6.34. The Hall–Kier alpha value is -2.19. The summed E-state index contributed by atoms with van der Waals surface area (Å²) in [7, 11) is -3.70. The van der Waals surface area contributed by atoms with E-state index < -0.39 is 10.0 Å². The fourth-order valence-electron chi connectivity index (χ4n) is 2.79. The molecule has 0 fully saturated rings. The van der Waals surface area contributed by atoms with Crippen LogP contribution in [0.25, 0.3) is 0 Å². The lowest BCUT2D eigenvalue weighted by Crippen LogP contribution is -2.30. The molecule has 0 unspecified atom stereocenters. The summed E-state index contributed by atoms with van der Waals surface area (Å²) in [6.45, 7) is 2.39. The van der Waals surface area contributed by atoms with Gasteiger partial charge in [-0.1, -0.05) is 48.0 Å². The van der Waals surface area contributed by atoms with Crippen molar-refractivity contribution in [3.8, 4) is 0 Å². The quantitative estimate of drug-likeness (QED) is 0.598. The first-order chi connectivity index (χ1) is 13.0. The zero-order chi connectivity index (χ0) is 19.1. The molecule has 1 heterocycles. The summed E-state index contributed by atoms with van der Waals surface area (Å²) in [6.07, 6.45) is 2.97. The highest BCUT2D eigenvalue weighted by atomic mass is 35.5. The largest absolute Gasteiger partial charge is 0.348 e. The SMILES string of the molecule is Cl.O=C(NCC1=CCNCC1)c1cccc(S(=O)(=O)NCc2ccccc2)c1. The van der Waals surface area contributed by atoms with Gasteiger partial charge in [0, 0.05) is 25.2 Å². The van der Waals surface area contributed by atoms with Gasteiger partial charge in [0.1, 0.15) is 0 Å². The summed E-state index contributed by atoms with van der Waals surface area (Å²) >= 11 is 0. The van der Waals surface area contributed by atoms with Crippen molar-refractivity contribution in [2.24, 2.45) is 0 Å². The molecule has 2 aromatic carbocycles. The standard InChI is InChI=1S/C20H23N3O3S.ClH/c24-20(22-14-17-9-11-21-12-10-17)18-7-4-8-19(13-18)27(25,26)23-15-16-5-2-1-3-6-16;/h1-9,13,21,23H,10-12,14-15H2,(H,22,24);1H. The minimum atomic E-state index is -3.70. The van der Waals surface area contributed by atoms with Crippen LogP contribution in [0.4, 0.5) is 0 Å². The maximum absolute atomic E-state index is 12.5. The Morgan fingerprint density at radius 3 is 2.54 bits per heavy atom. The van der Waals surface area contributed by atoms with E-state index >= 15 is 0 Å². The molecule has 0 saturated carbocycles. The van der Waals surface area contributed by atoms with Crippen LogP contribution < -0.4 is 15.4 Å². The zero-order valence-corrected chi connectivity index (χ0v) is 17.0. The van der Waals surface area contributed by atoms with E-state index in [1.165, 1.54) is 17.7 Å². The van der Waals surface area contributed by atoms with E-state index in [1.54, 1.807) is 12.1 Å². The second kappa shape index (κ2) is 10.4. The van der Waals surface area contributed by atoms with Crippen molar-refractivity contribution in [2.75, 3.05) is 19.6 Å². The lowest BCUT2D eigenvalue weighted by atomic mass is 10.1.